The molecule has 24 heavy (non-hydrogen) atoms. The van der Waals surface area contributed by atoms with Gasteiger partial charge in [0, 0.05) is 26.1 Å². The molecule has 0 saturated carbocycles. The smallest absolute Gasteiger partial charge is 0.222 e. The van der Waals surface area contributed by atoms with Gasteiger partial charge in [-0.1, -0.05) is 30.3 Å². The number of ether oxygens (including phenoxy) is 1. The summed E-state index contributed by atoms with van der Waals surface area (Å²) in [7, 11) is 0. The first-order valence-electron chi connectivity index (χ1n) is 8.95. The Hall–Kier alpha value is -1.10. The summed E-state index contributed by atoms with van der Waals surface area (Å²) in [6.45, 7) is 4.44. The van der Waals surface area contributed by atoms with Crippen molar-refractivity contribution in [1.82, 2.24) is 10.2 Å². The first kappa shape index (κ1) is 19.2. The number of halogens is 1. The van der Waals surface area contributed by atoms with Gasteiger partial charge < -0.3 is 15.0 Å². The van der Waals surface area contributed by atoms with E-state index in [0.29, 0.717) is 18.9 Å². The zero-order valence-electron chi connectivity index (χ0n) is 14.3. The van der Waals surface area contributed by atoms with E-state index < -0.39 is 0 Å². The molecule has 2 saturated heterocycles. The summed E-state index contributed by atoms with van der Waals surface area (Å²) >= 11 is 0. The summed E-state index contributed by atoms with van der Waals surface area (Å²) in [6, 6.07) is 10.3. The minimum absolute atomic E-state index is 0. The maximum absolute atomic E-state index is 12.7. The van der Waals surface area contributed by atoms with Crippen molar-refractivity contribution in [3.63, 3.8) is 0 Å². The number of carbonyl (C=O) groups is 1. The van der Waals surface area contributed by atoms with Crippen molar-refractivity contribution >= 4 is 18.3 Å². The van der Waals surface area contributed by atoms with Crippen molar-refractivity contribution in [1.29, 1.82) is 0 Å². The maximum Gasteiger partial charge on any atom is 0.222 e. The molecule has 2 aliphatic heterocycles. The zero-order valence-corrected chi connectivity index (χ0v) is 15.1. The molecule has 0 aromatic heterocycles. The lowest BCUT2D eigenvalue weighted by Gasteiger charge is -2.26. The Morgan fingerprint density at radius 1 is 1.25 bits per heavy atom. The van der Waals surface area contributed by atoms with E-state index in [4.69, 9.17) is 4.74 Å². The van der Waals surface area contributed by atoms with Gasteiger partial charge in [-0.25, -0.2) is 0 Å². The van der Waals surface area contributed by atoms with Crippen LogP contribution in [0.15, 0.2) is 30.3 Å². The average Bonchev–Trinajstić information content (AvgIpc) is 3.26. The second-order valence-electron chi connectivity index (χ2n) is 6.79. The lowest BCUT2D eigenvalue weighted by Crippen LogP contribution is -2.37. The molecule has 1 N–H and O–H groups in total. The lowest BCUT2D eigenvalue weighted by atomic mass is 10.0. The Morgan fingerprint density at radius 2 is 2.08 bits per heavy atom. The number of benzene rings is 1. The van der Waals surface area contributed by atoms with Crippen molar-refractivity contribution in [3.8, 4) is 0 Å². The molecule has 3 rings (SSSR count). The van der Waals surface area contributed by atoms with Crippen LogP contribution in [0.3, 0.4) is 0 Å². The summed E-state index contributed by atoms with van der Waals surface area (Å²) < 4.78 is 5.75. The van der Waals surface area contributed by atoms with Crippen molar-refractivity contribution in [2.24, 2.45) is 5.92 Å². The van der Waals surface area contributed by atoms with Crippen LogP contribution in [0, 0.1) is 5.92 Å². The number of amides is 1. The third kappa shape index (κ3) is 5.76. The molecule has 0 radical (unpaired) electrons. The van der Waals surface area contributed by atoms with Gasteiger partial charge in [0.25, 0.3) is 0 Å². The average molecular weight is 353 g/mol. The molecule has 2 fully saturated rings. The number of nitrogens with one attached hydrogen (secondary N) is 1. The predicted molar refractivity (Wildman–Crippen MR) is 98.3 cm³/mol. The number of hydrogen-bond donors (Lipinski definition) is 1. The van der Waals surface area contributed by atoms with E-state index in [9.17, 15) is 4.79 Å². The summed E-state index contributed by atoms with van der Waals surface area (Å²) in [5, 5.41) is 3.38. The van der Waals surface area contributed by atoms with Crippen LogP contribution >= 0.6 is 12.4 Å². The third-order valence-electron chi connectivity index (χ3n) is 4.95. The van der Waals surface area contributed by atoms with E-state index >= 15 is 0 Å². The van der Waals surface area contributed by atoms with Gasteiger partial charge in [-0.15, -0.1) is 12.4 Å². The van der Waals surface area contributed by atoms with Crippen molar-refractivity contribution in [3.05, 3.63) is 35.9 Å². The monoisotopic (exact) mass is 352 g/mol. The van der Waals surface area contributed by atoms with Gasteiger partial charge in [0.1, 0.15) is 0 Å². The Kier molecular flexibility index (Phi) is 8.03. The van der Waals surface area contributed by atoms with Gasteiger partial charge in [0.05, 0.1) is 6.10 Å². The molecule has 1 aromatic carbocycles. The van der Waals surface area contributed by atoms with Crippen LogP contribution in [0.4, 0.5) is 0 Å². The second-order valence-corrected chi connectivity index (χ2v) is 6.79. The fourth-order valence-corrected chi connectivity index (χ4v) is 3.54. The summed E-state index contributed by atoms with van der Waals surface area (Å²) in [4.78, 5) is 14.7. The Bertz CT molecular complexity index is 485. The van der Waals surface area contributed by atoms with Gasteiger partial charge in [0.2, 0.25) is 5.91 Å². The summed E-state index contributed by atoms with van der Waals surface area (Å²) in [5.74, 6) is 0.941. The third-order valence-corrected chi connectivity index (χ3v) is 4.95. The van der Waals surface area contributed by atoms with E-state index in [1.54, 1.807) is 0 Å². The Morgan fingerprint density at radius 3 is 2.75 bits per heavy atom. The van der Waals surface area contributed by atoms with Gasteiger partial charge in [0.15, 0.2) is 0 Å². The molecule has 4 nitrogen and oxygen atoms in total. The standard InChI is InChI=1S/C19H28N2O2.ClH/c22-19(9-8-16-10-11-20-13-16)21(15-18-7-4-12-23-18)14-17-5-2-1-3-6-17;/h1-3,5-6,16,18,20H,4,7-15H2;1H. The van der Waals surface area contributed by atoms with E-state index in [1.165, 1.54) is 12.0 Å². The van der Waals surface area contributed by atoms with Crippen molar-refractivity contribution in [2.45, 2.75) is 44.8 Å². The van der Waals surface area contributed by atoms with Crippen LogP contribution < -0.4 is 5.32 Å². The zero-order chi connectivity index (χ0) is 15.9. The molecular formula is C19H29ClN2O2. The van der Waals surface area contributed by atoms with Crippen molar-refractivity contribution in [2.75, 3.05) is 26.2 Å². The van der Waals surface area contributed by atoms with E-state index in [1.807, 2.05) is 23.1 Å². The van der Waals surface area contributed by atoms with Crippen molar-refractivity contribution < 1.29 is 9.53 Å². The van der Waals surface area contributed by atoms with Gasteiger partial charge in [-0.3, -0.25) is 4.79 Å². The quantitative estimate of drug-likeness (QED) is 0.820. The fraction of sp³-hybridized carbons (Fsp3) is 0.632. The number of hydrogen-bond acceptors (Lipinski definition) is 3. The van der Waals surface area contributed by atoms with Gasteiger partial charge >= 0.3 is 0 Å². The topological polar surface area (TPSA) is 41.6 Å². The molecule has 1 aromatic rings. The Labute approximate surface area is 151 Å². The van der Waals surface area contributed by atoms with Gasteiger partial charge in [-0.05, 0) is 50.3 Å². The SMILES string of the molecule is Cl.O=C(CCC1CCNC1)N(Cc1ccccc1)CC1CCCO1. The molecule has 1 amide bonds. The van der Waals surface area contributed by atoms with E-state index in [-0.39, 0.29) is 24.4 Å². The van der Waals surface area contributed by atoms with Gasteiger partial charge in [-0.2, -0.15) is 0 Å². The maximum atomic E-state index is 12.7. The highest BCUT2D eigenvalue weighted by molar-refractivity contribution is 5.85. The summed E-state index contributed by atoms with van der Waals surface area (Å²) in [5.41, 5.74) is 1.20. The largest absolute Gasteiger partial charge is 0.376 e. The van der Waals surface area contributed by atoms with Crippen LogP contribution in [-0.4, -0.2) is 43.2 Å². The minimum Gasteiger partial charge on any atom is -0.376 e. The first-order valence-corrected chi connectivity index (χ1v) is 8.95. The molecule has 2 aliphatic rings. The molecular weight excluding hydrogens is 324 g/mol. The van der Waals surface area contributed by atoms with Crippen LogP contribution in [0.25, 0.3) is 0 Å². The molecule has 0 bridgehead atoms. The van der Waals surface area contributed by atoms with Crippen LogP contribution in [0.2, 0.25) is 0 Å². The lowest BCUT2D eigenvalue weighted by molar-refractivity contribution is -0.133. The number of rotatable bonds is 7. The van der Waals surface area contributed by atoms with Crippen LogP contribution in [-0.2, 0) is 16.1 Å². The predicted octanol–water partition coefficient (Wildman–Crippen LogP) is 3.01. The number of nitrogens with zero attached hydrogens (tertiary/aromatic N) is 1. The van der Waals surface area contributed by atoms with E-state index in [2.05, 4.69) is 17.4 Å². The molecule has 2 atom stereocenters. The highest BCUT2D eigenvalue weighted by atomic mass is 35.5. The Balaban J connectivity index is 0.00000208. The van der Waals surface area contributed by atoms with E-state index in [0.717, 1.165) is 45.5 Å². The number of carbonyl (C=O) groups excluding carboxylic acids is 1. The molecule has 2 heterocycles. The highest BCUT2D eigenvalue weighted by Gasteiger charge is 2.24. The van der Waals surface area contributed by atoms with Crippen LogP contribution in [0.1, 0.15) is 37.7 Å². The minimum atomic E-state index is 0. The normalized spacial score (nSPS) is 23.0. The molecule has 0 spiro atoms. The molecule has 134 valence electrons. The highest BCUT2D eigenvalue weighted by Crippen LogP contribution is 2.19. The summed E-state index contributed by atoms with van der Waals surface area (Å²) in [6.07, 6.45) is 5.28. The molecule has 2 unspecified atom stereocenters. The van der Waals surface area contributed by atoms with Crippen LogP contribution in [0.5, 0.6) is 0 Å². The molecule has 5 heteroatoms. The second kappa shape index (κ2) is 10.0. The fourth-order valence-electron chi connectivity index (χ4n) is 3.54. The first-order chi connectivity index (χ1) is 11.3. The molecule has 0 aliphatic carbocycles.